The van der Waals surface area contributed by atoms with Crippen molar-refractivity contribution in [3.63, 3.8) is 0 Å². The van der Waals surface area contributed by atoms with Crippen LogP contribution in [0.3, 0.4) is 0 Å². The molecule has 0 aliphatic carbocycles. The molecule has 0 radical (unpaired) electrons. The lowest BCUT2D eigenvalue weighted by Crippen LogP contribution is -2.30. The van der Waals surface area contributed by atoms with Crippen molar-refractivity contribution in [2.24, 2.45) is 0 Å². The Kier molecular flexibility index (Phi) is 5.01. The number of hydrogen-bond acceptors (Lipinski definition) is 3. The quantitative estimate of drug-likeness (QED) is 0.656. The van der Waals surface area contributed by atoms with Gasteiger partial charge < -0.3 is 10.2 Å². The molecule has 28 heavy (non-hydrogen) atoms. The normalized spacial score (nSPS) is 13.9. The second kappa shape index (κ2) is 7.60. The number of amides is 1. The number of fused-ring (bicyclic) bond motifs is 1. The molecular formula is C22H19ClFN3O. The molecule has 1 atom stereocenters. The number of carbonyl (C=O) groups excluding carboxylic acids is 1. The molecule has 1 amide bonds. The summed E-state index contributed by atoms with van der Waals surface area (Å²) in [5.41, 5.74) is 3.36. The van der Waals surface area contributed by atoms with Gasteiger partial charge in [-0.05, 0) is 66.9 Å². The highest BCUT2D eigenvalue weighted by molar-refractivity contribution is 6.30. The zero-order chi connectivity index (χ0) is 19.7. The van der Waals surface area contributed by atoms with Gasteiger partial charge in [0.1, 0.15) is 11.6 Å². The molecule has 2 heterocycles. The van der Waals surface area contributed by atoms with Gasteiger partial charge in [-0.15, -0.1) is 0 Å². The number of carbonyl (C=O) groups is 1. The van der Waals surface area contributed by atoms with Crippen LogP contribution in [0.2, 0.25) is 5.02 Å². The molecular weight excluding hydrogens is 377 g/mol. The number of halogens is 2. The summed E-state index contributed by atoms with van der Waals surface area (Å²) in [5.74, 6) is 0.118. The Bertz CT molecular complexity index is 1020. The maximum absolute atomic E-state index is 13.2. The van der Waals surface area contributed by atoms with Crippen LogP contribution in [-0.4, -0.2) is 17.4 Å². The number of hydrogen-bond donors (Lipinski definition) is 1. The molecule has 6 heteroatoms. The highest BCUT2D eigenvalue weighted by Crippen LogP contribution is 2.32. The van der Waals surface area contributed by atoms with Crippen LogP contribution in [0.5, 0.6) is 0 Å². The summed E-state index contributed by atoms with van der Waals surface area (Å²) < 4.78 is 13.2. The molecule has 4 nitrogen and oxygen atoms in total. The Balaban J connectivity index is 1.60. The highest BCUT2D eigenvalue weighted by atomic mass is 35.5. The van der Waals surface area contributed by atoms with Crippen molar-refractivity contribution in [2.45, 2.75) is 19.4 Å². The van der Waals surface area contributed by atoms with E-state index in [2.05, 4.69) is 10.3 Å². The van der Waals surface area contributed by atoms with Gasteiger partial charge in [0.2, 0.25) is 0 Å². The first kappa shape index (κ1) is 18.4. The van der Waals surface area contributed by atoms with E-state index in [1.54, 1.807) is 41.4 Å². The highest BCUT2D eigenvalue weighted by Gasteiger charge is 2.27. The molecule has 0 fully saturated rings. The fourth-order valence-electron chi connectivity index (χ4n) is 3.46. The van der Waals surface area contributed by atoms with Gasteiger partial charge in [-0.2, -0.15) is 0 Å². The predicted octanol–water partition coefficient (Wildman–Crippen LogP) is 5.25. The van der Waals surface area contributed by atoms with Gasteiger partial charge in [0, 0.05) is 29.5 Å². The number of benzene rings is 2. The van der Waals surface area contributed by atoms with Crippen molar-refractivity contribution < 1.29 is 9.18 Å². The third kappa shape index (κ3) is 3.58. The van der Waals surface area contributed by atoms with Crippen LogP contribution in [0, 0.1) is 5.82 Å². The number of aromatic nitrogens is 1. The summed E-state index contributed by atoms with van der Waals surface area (Å²) in [4.78, 5) is 19.4. The standard InChI is InChI=1S/C22H19ClFN3O/c1-14(15-4-7-18(24)8-5-15)26-21-19(3-2-11-25-21)22(28)27-12-10-16-13-17(23)6-9-20(16)27/h2-9,11,13-14H,10,12H2,1H3,(H,25,26). The van der Waals surface area contributed by atoms with E-state index in [-0.39, 0.29) is 17.8 Å². The summed E-state index contributed by atoms with van der Waals surface area (Å²) >= 11 is 6.07. The van der Waals surface area contributed by atoms with Gasteiger partial charge in [-0.1, -0.05) is 23.7 Å². The first-order chi connectivity index (χ1) is 13.5. The van der Waals surface area contributed by atoms with Crippen molar-refractivity contribution in [1.82, 2.24) is 4.98 Å². The van der Waals surface area contributed by atoms with E-state index in [0.717, 1.165) is 23.2 Å². The van der Waals surface area contributed by atoms with Crippen LogP contribution in [0.25, 0.3) is 0 Å². The molecule has 3 aromatic rings. The monoisotopic (exact) mass is 395 g/mol. The number of nitrogens with zero attached hydrogens (tertiary/aromatic N) is 2. The minimum absolute atomic E-state index is 0.108. The van der Waals surface area contributed by atoms with Crippen molar-refractivity contribution in [3.8, 4) is 0 Å². The summed E-state index contributed by atoms with van der Waals surface area (Å²) in [6, 6.07) is 15.3. The van der Waals surface area contributed by atoms with E-state index in [1.807, 2.05) is 19.1 Å². The van der Waals surface area contributed by atoms with E-state index in [9.17, 15) is 9.18 Å². The number of anilines is 2. The van der Waals surface area contributed by atoms with Gasteiger partial charge in [-0.25, -0.2) is 9.37 Å². The van der Waals surface area contributed by atoms with E-state index in [1.165, 1.54) is 12.1 Å². The van der Waals surface area contributed by atoms with Crippen molar-refractivity contribution >= 4 is 29.0 Å². The number of pyridine rings is 1. The van der Waals surface area contributed by atoms with Crippen LogP contribution in [-0.2, 0) is 6.42 Å². The molecule has 1 aliphatic rings. The summed E-state index contributed by atoms with van der Waals surface area (Å²) in [7, 11) is 0. The van der Waals surface area contributed by atoms with Crippen molar-refractivity contribution in [3.05, 3.63) is 88.3 Å². The summed E-state index contributed by atoms with van der Waals surface area (Å²) in [6.45, 7) is 2.56. The average Bonchev–Trinajstić information content (AvgIpc) is 3.11. The minimum Gasteiger partial charge on any atom is -0.363 e. The van der Waals surface area contributed by atoms with Gasteiger partial charge in [0.05, 0.1) is 5.56 Å². The SMILES string of the molecule is CC(Nc1ncccc1C(=O)N1CCc2cc(Cl)ccc21)c1ccc(F)cc1. The number of rotatable bonds is 4. The Morgan fingerprint density at radius 3 is 2.79 bits per heavy atom. The third-order valence-corrected chi connectivity index (χ3v) is 5.18. The smallest absolute Gasteiger partial charge is 0.262 e. The van der Waals surface area contributed by atoms with Crippen LogP contribution >= 0.6 is 11.6 Å². The Labute approximate surface area is 168 Å². The fourth-order valence-corrected chi connectivity index (χ4v) is 3.65. The lowest BCUT2D eigenvalue weighted by atomic mass is 10.1. The van der Waals surface area contributed by atoms with Gasteiger partial charge in [0.15, 0.2) is 0 Å². The number of nitrogens with one attached hydrogen (secondary N) is 1. The first-order valence-corrected chi connectivity index (χ1v) is 9.48. The molecule has 4 rings (SSSR count). The molecule has 0 saturated carbocycles. The van der Waals surface area contributed by atoms with E-state index in [0.29, 0.717) is 22.9 Å². The van der Waals surface area contributed by atoms with Crippen LogP contribution < -0.4 is 10.2 Å². The predicted molar refractivity (Wildman–Crippen MR) is 110 cm³/mol. The third-order valence-electron chi connectivity index (χ3n) is 4.94. The van der Waals surface area contributed by atoms with Crippen molar-refractivity contribution in [2.75, 3.05) is 16.8 Å². The molecule has 0 spiro atoms. The van der Waals surface area contributed by atoms with Crippen molar-refractivity contribution in [1.29, 1.82) is 0 Å². The summed E-state index contributed by atoms with van der Waals surface area (Å²) in [6.07, 6.45) is 2.42. The Hall–Kier alpha value is -2.92. The Morgan fingerprint density at radius 1 is 1.21 bits per heavy atom. The zero-order valence-electron chi connectivity index (χ0n) is 15.3. The van der Waals surface area contributed by atoms with E-state index < -0.39 is 0 Å². The molecule has 2 aromatic carbocycles. The maximum Gasteiger partial charge on any atom is 0.262 e. The van der Waals surface area contributed by atoms with Crippen LogP contribution in [0.15, 0.2) is 60.8 Å². The maximum atomic E-state index is 13.2. The molecule has 1 aromatic heterocycles. The van der Waals surface area contributed by atoms with E-state index in [4.69, 9.17) is 11.6 Å². The zero-order valence-corrected chi connectivity index (χ0v) is 16.1. The molecule has 1 unspecified atom stereocenters. The van der Waals surface area contributed by atoms with Gasteiger partial charge in [0.25, 0.3) is 5.91 Å². The lowest BCUT2D eigenvalue weighted by molar-refractivity contribution is 0.0990. The van der Waals surface area contributed by atoms with Crippen LogP contribution in [0.1, 0.15) is 34.5 Å². The fraction of sp³-hybridized carbons (Fsp3) is 0.182. The lowest BCUT2D eigenvalue weighted by Gasteiger charge is -2.21. The molecule has 142 valence electrons. The molecule has 1 aliphatic heterocycles. The average molecular weight is 396 g/mol. The Morgan fingerprint density at radius 2 is 2.00 bits per heavy atom. The van der Waals surface area contributed by atoms with Crippen LogP contribution in [0.4, 0.5) is 15.9 Å². The summed E-state index contributed by atoms with van der Waals surface area (Å²) in [5, 5.41) is 3.95. The second-order valence-electron chi connectivity index (χ2n) is 6.80. The minimum atomic E-state index is -0.280. The first-order valence-electron chi connectivity index (χ1n) is 9.10. The van der Waals surface area contributed by atoms with E-state index >= 15 is 0 Å². The second-order valence-corrected chi connectivity index (χ2v) is 7.23. The largest absolute Gasteiger partial charge is 0.363 e. The molecule has 0 saturated heterocycles. The van der Waals surface area contributed by atoms with Gasteiger partial charge >= 0.3 is 0 Å². The van der Waals surface area contributed by atoms with Gasteiger partial charge in [-0.3, -0.25) is 4.79 Å². The molecule has 1 N–H and O–H groups in total. The molecule has 0 bridgehead atoms. The topological polar surface area (TPSA) is 45.2 Å².